The van der Waals surface area contributed by atoms with Crippen LogP contribution in [0.4, 0.5) is 4.39 Å². The van der Waals surface area contributed by atoms with Crippen molar-refractivity contribution >= 4 is 17.3 Å². The summed E-state index contributed by atoms with van der Waals surface area (Å²) in [6, 6.07) is 7.94. The Hall–Kier alpha value is -1.98. The second-order valence-corrected chi connectivity index (χ2v) is 5.29. The molecule has 0 saturated carbocycles. The zero-order valence-corrected chi connectivity index (χ0v) is 13.8. The number of pyridine rings is 1. The predicted octanol–water partition coefficient (Wildman–Crippen LogP) is 4.22. The second-order valence-electron chi connectivity index (χ2n) is 4.88. The minimum Gasteiger partial charge on any atom is -0.363 e. The maximum Gasteiger partial charge on any atom is 0.226 e. The Bertz CT molecular complexity index is 661. The highest BCUT2D eigenvalue weighted by atomic mass is 35.5. The molecule has 1 unspecified atom stereocenters. The van der Waals surface area contributed by atoms with Crippen molar-refractivity contribution < 1.29 is 14.0 Å². The predicted molar refractivity (Wildman–Crippen MR) is 88.1 cm³/mol. The summed E-state index contributed by atoms with van der Waals surface area (Å²) in [5.74, 6) is -0.399. The first-order chi connectivity index (χ1) is 11.1. The standard InChI is InChI=1S/C17H18ClFN2O2/c1-3-17(22-2)23-21-16(9-12-5-4-8-20-11-12)14-7-6-13(19)10-15(14)18/h4-8,10-11,17H,3,9H2,1-2H3. The van der Waals surface area contributed by atoms with Gasteiger partial charge in [-0.3, -0.25) is 4.98 Å². The minimum absolute atomic E-state index is 0.279. The lowest BCUT2D eigenvalue weighted by atomic mass is 10.0. The van der Waals surface area contributed by atoms with E-state index in [2.05, 4.69) is 10.1 Å². The Balaban J connectivity index is 2.32. The van der Waals surface area contributed by atoms with Crippen LogP contribution in [0.25, 0.3) is 0 Å². The van der Waals surface area contributed by atoms with Crippen LogP contribution in [0, 0.1) is 5.82 Å². The number of ether oxygens (including phenoxy) is 1. The maximum absolute atomic E-state index is 13.3. The number of oxime groups is 1. The molecule has 0 aliphatic carbocycles. The molecule has 0 spiro atoms. The number of aromatic nitrogens is 1. The molecule has 1 aromatic carbocycles. The molecule has 1 aromatic heterocycles. The van der Waals surface area contributed by atoms with Crippen molar-refractivity contribution in [2.75, 3.05) is 7.11 Å². The topological polar surface area (TPSA) is 43.7 Å². The van der Waals surface area contributed by atoms with Crippen LogP contribution in [0.2, 0.25) is 5.02 Å². The lowest BCUT2D eigenvalue weighted by Gasteiger charge is -2.13. The molecule has 4 nitrogen and oxygen atoms in total. The highest BCUT2D eigenvalue weighted by Gasteiger charge is 2.13. The molecule has 0 saturated heterocycles. The minimum atomic E-state index is -0.446. The Kier molecular flexibility index (Phi) is 6.50. The second kappa shape index (κ2) is 8.60. The lowest BCUT2D eigenvalue weighted by Crippen LogP contribution is -2.14. The molecule has 23 heavy (non-hydrogen) atoms. The van der Waals surface area contributed by atoms with E-state index >= 15 is 0 Å². The van der Waals surface area contributed by atoms with Crippen molar-refractivity contribution in [1.82, 2.24) is 4.98 Å². The molecule has 122 valence electrons. The van der Waals surface area contributed by atoms with Gasteiger partial charge in [-0.25, -0.2) is 4.39 Å². The van der Waals surface area contributed by atoms with E-state index in [4.69, 9.17) is 21.2 Å². The molecule has 0 aliphatic rings. The van der Waals surface area contributed by atoms with Gasteiger partial charge in [0.05, 0.1) is 10.7 Å². The number of benzene rings is 1. The van der Waals surface area contributed by atoms with Crippen LogP contribution in [0.15, 0.2) is 47.9 Å². The van der Waals surface area contributed by atoms with Crippen molar-refractivity contribution in [1.29, 1.82) is 0 Å². The summed E-state index contributed by atoms with van der Waals surface area (Å²) < 4.78 is 18.4. The number of hydrogen-bond acceptors (Lipinski definition) is 4. The molecular formula is C17H18ClFN2O2. The molecule has 1 heterocycles. The molecule has 0 amide bonds. The van der Waals surface area contributed by atoms with Crippen LogP contribution in [0.1, 0.15) is 24.5 Å². The monoisotopic (exact) mass is 336 g/mol. The molecule has 0 fully saturated rings. The fraction of sp³-hybridized carbons (Fsp3) is 0.294. The van der Waals surface area contributed by atoms with E-state index in [1.165, 1.54) is 12.1 Å². The Labute approximate surface area is 139 Å². The van der Waals surface area contributed by atoms with Crippen LogP contribution in [0.3, 0.4) is 0 Å². The maximum atomic E-state index is 13.3. The van der Waals surface area contributed by atoms with Crippen molar-refractivity contribution in [3.63, 3.8) is 0 Å². The molecule has 1 atom stereocenters. The van der Waals surface area contributed by atoms with Crippen molar-refractivity contribution in [3.05, 3.63) is 64.7 Å². The third-order valence-electron chi connectivity index (χ3n) is 3.21. The normalized spacial score (nSPS) is 13.0. The van der Waals surface area contributed by atoms with Crippen LogP contribution in [0.5, 0.6) is 0 Å². The van der Waals surface area contributed by atoms with Crippen LogP contribution in [-0.2, 0) is 16.0 Å². The summed E-state index contributed by atoms with van der Waals surface area (Å²) in [6.07, 6.45) is 4.09. The highest BCUT2D eigenvalue weighted by Crippen LogP contribution is 2.20. The zero-order chi connectivity index (χ0) is 16.7. The quantitative estimate of drug-likeness (QED) is 0.432. The van der Waals surface area contributed by atoms with Crippen LogP contribution < -0.4 is 0 Å². The van der Waals surface area contributed by atoms with Gasteiger partial charge in [-0.15, -0.1) is 0 Å². The summed E-state index contributed by atoms with van der Waals surface area (Å²) in [5.41, 5.74) is 2.14. The third-order valence-corrected chi connectivity index (χ3v) is 3.53. The molecule has 2 aromatic rings. The highest BCUT2D eigenvalue weighted by molar-refractivity contribution is 6.34. The van der Waals surface area contributed by atoms with E-state index < -0.39 is 12.1 Å². The number of methoxy groups -OCH3 is 1. The smallest absolute Gasteiger partial charge is 0.226 e. The van der Waals surface area contributed by atoms with E-state index in [0.29, 0.717) is 24.1 Å². The average Bonchev–Trinajstić information content (AvgIpc) is 2.56. The fourth-order valence-electron chi connectivity index (χ4n) is 2.00. The zero-order valence-electron chi connectivity index (χ0n) is 13.0. The Morgan fingerprint density at radius 2 is 2.22 bits per heavy atom. The van der Waals surface area contributed by atoms with Gasteiger partial charge in [-0.1, -0.05) is 29.7 Å². The lowest BCUT2D eigenvalue weighted by molar-refractivity contribution is -0.124. The van der Waals surface area contributed by atoms with Crippen LogP contribution in [-0.4, -0.2) is 24.1 Å². The van der Waals surface area contributed by atoms with Crippen molar-refractivity contribution in [3.8, 4) is 0 Å². The molecule has 2 rings (SSSR count). The first-order valence-corrected chi connectivity index (χ1v) is 7.61. The molecule has 0 N–H and O–H groups in total. The van der Waals surface area contributed by atoms with Crippen LogP contribution >= 0.6 is 11.6 Å². The largest absolute Gasteiger partial charge is 0.363 e. The molecule has 0 aliphatic heterocycles. The fourth-order valence-corrected chi connectivity index (χ4v) is 2.28. The van der Waals surface area contributed by atoms with E-state index in [-0.39, 0.29) is 5.02 Å². The third kappa shape index (κ3) is 5.01. The summed E-state index contributed by atoms with van der Waals surface area (Å²) in [4.78, 5) is 9.49. The Morgan fingerprint density at radius 3 is 2.83 bits per heavy atom. The summed E-state index contributed by atoms with van der Waals surface area (Å²) in [5, 5.41) is 4.46. The molecular weight excluding hydrogens is 319 g/mol. The van der Waals surface area contributed by atoms with Gasteiger partial charge in [0.1, 0.15) is 5.82 Å². The Morgan fingerprint density at radius 1 is 1.39 bits per heavy atom. The number of halogens is 2. The van der Waals surface area contributed by atoms with Gasteiger partial charge in [0, 0.05) is 37.9 Å². The number of hydrogen-bond donors (Lipinski definition) is 0. The molecule has 0 bridgehead atoms. The van der Waals surface area contributed by atoms with Gasteiger partial charge in [-0.05, 0) is 29.8 Å². The van der Waals surface area contributed by atoms with Crippen molar-refractivity contribution in [2.24, 2.45) is 5.16 Å². The van der Waals surface area contributed by atoms with E-state index in [9.17, 15) is 4.39 Å². The first-order valence-electron chi connectivity index (χ1n) is 7.23. The summed E-state index contributed by atoms with van der Waals surface area (Å²) in [6.45, 7) is 1.93. The molecule has 6 heteroatoms. The summed E-state index contributed by atoms with van der Waals surface area (Å²) in [7, 11) is 1.55. The van der Waals surface area contributed by atoms with E-state index in [0.717, 1.165) is 5.56 Å². The van der Waals surface area contributed by atoms with Gasteiger partial charge in [-0.2, -0.15) is 0 Å². The first kappa shape index (κ1) is 17.4. The van der Waals surface area contributed by atoms with E-state index in [1.807, 2.05) is 19.1 Å². The van der Waals surface area contributed by atoms with Crippen molar-refractivity contribution in [2.45, 2.75) is 26.1 Å². The number of rotatable bonds is 7. The summed E-state index contributed by atoms with van der Waals surface area (Å²) >= 11 is 6.15. The SMILES string of the molecule is CCC(OC)ON=C(Cc1cccnc1)c1ccc(F)cc1Cl. The average molecular weight is 337 g/mol. The van der Waals surface area contributed by atoms with Gasteiger partial charge < -0.3 is 9.57 Å². The van der Waals surface area contributed by atoms with E-state index in [1.54, 1.807) is 25.6 Å². The van der Waals surface area contributed by atoms with Gasteiger partial charge >= 0.3 is 0 Å². The van der Waals surface area contributed by atoms with Gasteiger partial charge in [0.2, 0.25) is 6.29 Å². The van der Waals surface area contributed by atoms with Gasteiger partial charge in [0.15, 0.2) is 0 Å². The number of nitrogens with zero attached hydrogens (tertiary/aromatic N) is 2. The molecule has 0 radical (unpaired) electrons. The van der Waals surface area contributed by atoms with Gasteiger partial charge in [0.25, 0.3) is 0 Å².